The molecule has 27 heavy (non-hydrogen) atoms. The van der Waals surface area contributed by atoms with Crippen molar-refractivity contribution in [2.24, 2.45) is 0 Å². The van der Waals surface area contributed by atoms with Gasteiger partial charge < -0.3 is 18.9 Å². The Hall–Kier alpha value is -1.69. The van der Waals surface area contributed by atoms with Crippen LogP contribution in [0.1, 0.15) is 30.0 Å². The Kier molecular flexibility index (Phi) is 8.48. The van der Waals surface area contributed by atoms with Crippen LogP contribution >= 0.6 is 11.8 Å². The molecule has 0 atom stereocenters. The van der Waals surface area contributed by atoms with E-state index in [0.717, 1.165) is 29.1 Å². The summed E-state index contributed by atoms with van der Waals surface area (Å²) in [5.74, 6) is 2.67. The first-order valence-electron chi connectivity index (χ1n) is 9.15. The molecule has 5 heteroatoms. The molecule has 2 aromatic rings. The average Bonchev–Trinajstić information content (AvgIpc) is 2.73. The topological polar surface area (TPSA) is 36.9 Å². The van der Waals surface area contributed by atoms with E-state index in [4.69, 9.17) is 18.9 Å². The molecule has 0 aliphatic rings. The van der Waals surface area contributed by atoms with Crippen molar-refractivity contribution in [1.29, 1.82) is 0 Å². The summed E-state index contributed by atoms with van der Waals surface area (Å²) in [5, 5.41) is 0. The van der Waals surface area contributed by atoms with Crippen molar-refractivity contribution in [1.82, 2.24) is 0 Å². The number of aryl methyl sites for hydroxylation is 1. The Bertz CT molecular complexity index is 696. The Morgan fingerprint density at radius 1 is 0.852 bits per heavy atom. The molecule has 0 amide bonds. The number of ether oxygens (including phenoxy) is 4. The summed E-state index contributed by atoms with van der Waals surface area (Å²) in [6.45, 7) is 2.21. The fourth-order valence-electron chi connectivity index (χ4n) is 3.09. The summed E-state index contributed by atoms with van der Waals surface area (Å²) >= 11 is 1.99. The molecule has 0 saturated carbocycles. The van der Waals surface area contributed by atoms with Gasteiger partial charge in [0.15, 0.2) is 0 Å². The number of rotatable bonds is 11. The maximum absolute atomic E-state index is 5.88. The number of hydrogen-bond acceptors (Lipinski definition) is 5. The maximum atomic E-state index is 5.88. The summed E-state index contributed by atoms with van der Waals surface area (Å²) in [7, 11) is 6.54. The second kappa shape index (κ2) is 10.6. The van der Waals surface area contributed by atoms with Crippen LogP contribution in [0.3, 0.4) is 0 Å². The van der Waals surface area contributed by atoms with Gasteiger partial charge in [-0.3, -0.25) is 0 Å². The molecule has 2 aromatic carbocycles. The highest BCUT2D eigenvalue weighted by Gasteiger charge is 2.37. The third kappa shape index (κ3) is 4.98. The van der Waals surface area contributed by atoms with Crippen molar-refractivity contribution in [2.45, 2.75) is 25.6 Å². The average molecular weight is 391 g/mol. The van der Waals surface area contributed by atoms with Gasteiger partial charge in [-0.1, -0.05) is 31.2 Å². The minimum Gasteiger partial charge on any atom is -0.497 e. The first-order valence-corrected chi connectivity index (χ1v) is 10.3. The molecule has 2 rings (SSSR count). The normalized spacial score (nSPS) is 11.4. The molecule has 0 aliphatic heterocycles. The minimum absolute atomic E-state index is 0.651. The lowest BCUT2D eigenvalue weighted by Crippen LogP contribution is -2.32. The lowest BCUT2D eigenvalue weighted by molar-refractivity contribution is -0.184. The number of hydrogen-bond donors (Lipinski definition) is 0. The largest absolute Gasteiger partial charge is 0.497 e. The molecular formula is C22H30O4S. The summed E-state index contributed by atoms with van der Waals surface area (Å²) in [6.07, 6.45) is 2.28. The molecule has 0 aliphatic carbocycles. The van der Waals surface area contributed by atoms with E-state index < -0.39 is 5.79 Å². The van der Waals surface area contributed by atoms with E-state index in [-0.39, 0.29) is 0 Å². The first-order chi connectivity index (χ1) is 13.1. The molecule has 0 radical (unpaired) electrons. The van der Waals surface area contributed by atoms with Crippen LogP contribution < -0.4 is 9.47 Å². The lowest BCUT2D eigenvalue weighted by atomic mass is 9.94. The summed E-state index contributed by atoms with van der Waals surface area (Å²) in [6, 6.07) is 14.0. The van der Waals surface area contributed by atoms with Gasteiger partial charge in [0, 0.05) is 25.8 Å². The third-order valence-corrected chi connectivity index (χ3v) is 5.75. The number of thioether (sulfide) groups is 1. The Balaban J connectivity index is 2.33. The maximum Gasteiger partial charge on any atom is 0.225 e. The van der Waals surface area contributed by atoms with Crippen molar-refractivity contribution >= 4 is 11.8 Å². The standard InChI is InChI=1S/C22H30O4S/c1-6-14-27-15-13-17-7-9-18(10-8-17)22(25-4,26-5)20-12-11-19(23-2)16-21(20)24-3/h7-12,16H,6,13-15H2,1-5H3. The number of benzene rings is 2. The molecule has 0 unspecified atom stereocenters. The van der Waals surface area contributed by atoms with Crippen LogP contribution in [0.4, 0.5) is 0 Å². The Labute approximate surface area is 167 Å². The zero-order chi connectivity index (χ0) is 19.7. The minimum atomic E-state index is -1.05. The van der Waals surface area contributed by atoms with Gasteiger partial charge in [0.25, 0.3) is 0 Å². The van der Waals surface area contributed by atoms with Gasteiger partial charge in [-0.2, -0.15) is 11.8 Å². The molecule has 0 bridgehead atoms. The van der Waals surface area contributed by atoms with Crippen LogP contribution in [0.2, 0.25) is 0 Å². The molecule has 0 fully saturated rings. The zero-order valence-corrected chi connectivity index (χ0v) is 17.7. The van der Waals surface area contributed by atoms with Gasteiger partial charge in [-0.15, -0.1) is 0 Å². The van der Waals surface area contributed by atoms with E-state index in [9.17, 15) is 0 Å². The predicted octanol–water partition coefficient (Wildman–Crippen LogP) is 4.88. The highest BCUT2D eigenvalue weighted by molar-refractivity contribution is 7.99. The van der Waals surface area contributed by atoms with Crippen molar-refractivity contribution in [2.75, 3.05) is 39.9 Å². The Morgan fingerprint density at radius 3 is 2.11 bits per heavy atom. The summed E-state index contributed by atoms with van der Waals surface area (Å²) in [4.78, 5) is 0. The monoisotopic (exact) mass is 390 g/mol. The first kappa shape index (κ1) is 21.6. The SMILES string of the molecule is CCCSCCc1ccc(C(OC)(OC)c2ccc(OC)cc2OC)cc1. The fourth-order valence-corrected chi connectivity index (χ4v) is 3.96. The Morgan fingerprint density at radius 2 is 1.56 bits per heavy atom. The molecular weight excluding hydrogens is 360 g/mol. The van der Waals surface area contributed by atoms with Crippen LogP contribution in [0.5, 0.6) is 11.5 Å². The van der Waals surface area contributed by atoms with Crippen LogP contribution in [-0.4, -0.2) is 39.9 Å². The third-order valence-electron chi connectivity index (χ3n) is 4.56. The van der Waals surface area contributed by atoms with Gasteiger partial charge in [-0.05, 0) is 42.0 Å². The van der Waals surface area contributed by atoms with Crippen LogP contribution in [0.15, 0.2) is 42.5 Å². The second-order valence-electron chi connectivity index (χ2n) is 6.15. The molecule has 0 aromatic heterocycles. The zero-order valence-electron chi connectivity index (χ0n) is 16.9. The van der Waals surface area contributed by atoms with E-state index in [1.165, 1.54) is 17.7 Å². The second-order valence-corrected chi connectivity index (χ2v) is 7.38. The highest BCUT2D eigenvalue weighted by atomic mass is 32.2. The van der Waals surface area contributed by atoms with Crippen LogP contribution in [-0.2, 0) is 21.7 Å². The molecule has 148 valence electrons. The van der Waals surface area contributed by atoms with Gasteiger partial charge in [0.2, 0.25) is 5.79 Å². The van der Waals surface area contributed by atoms with Crippen molar-refractivity contribution in [3.05, 3.63) is 59.2 Å². The van der Waals surface area contributed by atoms with Crippen molar-refractivity contribution in [3.63, 3.8) is 0 Å². The van der Waals surface area contributed by atoms with E-state index in [2.05, 4.69) is 31.2 Å². The van der Waals surface area contributed by atoms with Crippen molar-refractivity contribution in [3.8, 4) is 11.5 Å². The molecule has 4 nitrogen and oxygen atoms in total. The number of methoxy groups -OCH3 is 4. The van der Waals surface area contributed by atoms with Gasteiger partial charge in [-0.25, -0.2) is 0 Å². The molecule has 0 spiro atoms. The van der Waals surface area contributed by atoms with E-state index >= 15 is 0 Å². The molecule has 0 heterocycles. The fraction of sp³-hybridized carbons (Fsp3) is 0.455. The van der Waals surface area contributed by atoms with Gasteiger partial charge in [0.05, 0.1) is 19.8 Å². The quantitative estimate of drug-likeness (QED) is 0.404. The van der Waals surface area contributed by atoms with Crippen LogP contribution in [0.25, 0.3) is 0 Å². The predicted molar refractivity (Wildman–Crippen MR) is 112 cm³/mol. The lowest BCUT2D eigenvalue weighted by Gasteiger charge is -2.33. The highest BCUT2D eigenvalue weighted by Crippen LogP contribution is 2.40. The molecule has 0 N–H and O–H groups in total. The summed E-state index contributed by atoms with van der Waals surface area (Å²) in [5.41, 5.74) is 3.02. The van der Waals surface area contributed by atoms with E-state index in [1.54, 1.807) is 28.4 Å². The smallest absolute Gasteiger partial charge is 0.225 e. The van der Waals surface area contributed by atoms with Crippen molar-refractivity contribution < 1.29 is 18.9 Å². The van der Waals surface area contributed by atoms with E-state index in [1.807, 2.05) is 30.0 Å². The summed E-state index contributed by atoms with van der Waals surface area (Å²) < 4.78 is 22.6. The van der Waals surface area contributed by atoms with E-state index in [0.29, 0.717) is 5.75 Å². The van der Waals surface area contributed by atoms with Gasteiger partial charge in [0.1, 0.15) is 11.5 Å². The molecule has 0 saturated heterocycles. The van der Waals surface area contributed by atoms with Crippen LogP contribution in [0, 0.1) is 0 Å². The van der Waals surface area contributed by atoms with Gasteiger partial charge >= 0.3 is 0 Å².